The SMILES string of the molecule is CC1(C)OC(C)(C)/C(=C\c2cc(Br)ccc2OC(F)F)C1=O. The van der Waals surface area contributed by atoms with Gasteiger partial charge in [-0.1, -0.05) is 15.9 Å². The van der Waals surface area contributed by atoms with Crippen LogP contribution in [0.1, 0.15) is 33.3 Å². The van der Waals surface area contributed by atoms with Gasteiger partial charge < -0.3 is 9.47 Å². The Bertz CT molecular complexity index is 636. The minimum atomic E-state index is -2.93. The van der Waals surface area contributed by atoms with E-state index in [4.69, 9.17) is 4.74 Å². The maximum atomic E-state index is 12.5. The number of halogens is 3. The number of hydrogen-bond acceptors (Lipinski definition) is 3. The Labute approximate surface area is 136 Å². The fourth-order valence-corrected chi connectivity index (χ4v) is 2.95. The van der Waals surface area contributed by atoms with Crippen molar-refractivity contribution in [2.75, 3.05) is 0 Å². The lowest BCUT2D eigenvalue weighted by Gasteiger charge is -2.22. The van der Waals surface area contributed by atoms with Crippen molar-refractivity contribution in [3.8, 4) is 5.75 Å². The molecule has 2 rings (SSSR count). The van der Waals surface area contributed by atoms with Crippen molar-refractivity contribution < 1.29 is 23.0 Å². The highest BCUT2D eigenvalue weighted by atomic mass is 79.9. The van der Waals surface area contributed by atoms with Crippen LogP contribution in [-0.2, 0) is 9.53 Å². The molecule has 1 aliphatic rings. The third kappa shape index (κ3) is 3.38. The van der Waals surface area contributed by atoms with Gasteiger partial charge in [0, 0.05) is 15.6 Å². The summed E-state index contributed by atoms with van der Waals surface area (Å²) in [5.74, 6) is -0.153. The Balaban J connectivity index is 2.52. The lowest BCUT2D eigenvalue weighted by atomic mass is 9.90. The first kappa shape index (κ1) is 17.1. The Morgan fingerprint density at radius 2 is 1.86 bits per heavy atom. The normalized spacial score (nSPS) is 21.6. The molecule has 0 spiro atoms. The van der Waals surface area contributed by atoms with E-state index in [1.54, 1.807) is 45.9 Å². The van der Waals surface area contributed by atoms with Crippen LogP contribution in [0, 0.1) is 0 Å². The molecule has 0 amide bonds. The number of rotatable bonds is 3. The van der Waals surface area contributed by atoms with Crippen molar-refractivity contribution in [1.29, 1.82) is 0 Å². The average Bonchev–Trinajstić information content (AvgIpc) is 2.50. The number of hydrogen-bond donors (Lipinski definition) is 0. The smallest absolute Gasteiger partial charge is 0.387 e. The number of carbonyl (C=O) groups is 1. The van der Waals surface area contributed by atoms with Crippen LogP contribution < -0.4 is 4.74 Å². The molecule has 0 atom stereocenters. The predicted molar refractivity (Wildman–Crippen MR) is 83.0 cm³/mol. The molecule has 1 aromatic rings. The summed E-state index contributed by atoms with van der Waals surface area (Å²) in [7, 11) is 0. The number of benzene rings is 1. The van der Waals surface area contributed by atoms with Gasteiger partial charge in [0.05, 0.1) is 5.60 Å². The van der Waals surface area contributed by atoms with E-state index in [0.717, 1.165) is 0 Å². The van der Waals surface area contributed by atoms with Crippen LogP contribution in [0.25, 0.3) is 6.08 Å². The maximum absolute atomic E-state index is 12.5. The largest absolute Gasteiger partial charge is 0.434 e. The zero-order chi connectivity index (χ0) is 16.7. The molecule has 120 valence electrons. The Morgan fingerprint density at radius 1 is 1.23 bits per heavy atom. The number of carbonyl (C=O) groups excluding carboxylic acids is 1. The molecule has 0 N–H and O–H groups in total. The third-order valence-corrected chi connectivity index (χ3v) is 3.93. The predicted octanol–water partition coefficient (Wildman–Crippen LogP) is 4.59. The van der Waals surface area contributed by atoms with Gasteiger partial charge in [0.15, 0.2) is 5.78 Å². The molecule has 6 heteroatoms. The van der Waals surface area contributed by atoms with Gasteiger partial charge in [-0.3, -0.25) is 4.79 Å². The molecule has 1 heterocycles. The second kappa shape index (κ2) is 5.74. The van der Waals surface area contributed by atoms with Crippen molar-refractivity contribution in [2.45, 2.75) is 45.5 Å². The second-order valence-corrected chi connectivity index (χ2v) is 6.99. The quantitative estimate of drug-likeness (QED) is 0.725. The molecule has 3 nitrogen and oxygen atoms in total. The summed E-state index contributed by atoms with van der Waals surface area (Å²) in [4.78, 5) is 12.5. The van der Waals surface area contributed by atoms with Gasteiger partial charge in [0.2, 0.25) is 0 Å². The van der Waals surface area contributed by atoms with E-state index in [2.05, 4.69) is 20.7 Å². The third-order valence-electron chi connectivity index (χ3n) is 3.44. The summed E-state index contributed by atoms with van der Waals surface area (Å²) in [5, 5.41) is 0. The number of alkyl halides is 2. The number of ether oxygens (including phenoxy) is 2. The molecule has 1 aromatic carbocycles. The zero-order valence-corrected chi connectivity index (χ0v) is 14.3. The topological polar surface area (TPSA) is 35.5 Å². The van der Waals surface area contributed by atoms with Crippen molar-refractivity contribution in [3.05, 3.63) is 33.8 Å². The lowest BCUT2D eigenvalue weighted by Crippen LogP contribution is -2.29. The summed E-state index contributed by atoms with van der Waals surface area (Å²) in [5.41, 5.74) is -0.919. The van der Waals surface area contributed by atoms with Crippen LogP contribution in [0.15, 0.2) is 28.2 Å². The summed E-state index contributed by atoms with van der Waals surface area (Å²) in [6.45, 7) is 4.00. The van der Waals surface area contributed by atoms with Crippen molar-refractivity contribution >= 4 is 27.8 Å². The lowest BCUT2D eigenvalue weighted by molar-refractivity contribution is -0.132. The minimum absolute atomic E-state index is 0.0130. The fourth-order valence-electron chi connectivity index (χ4n) is 2.57. The summed E-state index contributed by atoms with van der Waals surface area (Å²) >= 11 is 3.29. The van der Waals surface area contributed by atoms with E-state index in [0.29, 0.717) is 15.6 Å². The van der Waals surface area contributed by atoms with Gasteiger partial charge in [-0.15, -0.1) is 0 Å². The van der Waals surface area contributed by atoms with E-state index >= 15 is 0 Å². The monoisotopic (exact) mass is 374 g/mol. The van der Waals surface area contributed by atoms with Crippen LogP contribution in [0.3, 0.4) is 0 Å². The average molecular weight is 375 g/mol. The van der Waals surface area contributed by atoms with Crippen LogP contribution in [0.2, 0.25) is 0 Å². The molecule has 0 bridgehead atoms. The van der Waals surface area contributed by atoms with Crippen LogP contribution >= 0.6 is 15.9 Å². The Hall–Kier alpha value is -1.27. The molecule has 0 saturated carbocycles. The minimum Gasteiger partial charge on any atom is -0.434 e. The Morgan fingerprint density at radius 3 is 2.36 bits per heavy atom. The van der Waals surface area contributed by atoms with Crippen molar-refractivity contribution in [2.24, 2.45) is 0 Å². The van der Waals surface area contributed by atoms with Gasteiger partial charge in [-0.05, 0) is 52.0 Å². The van der Waals surface area contributed by atoms with Crippen LogP contribution in [0.4, 0.5) is 8.78 Å². The molecular weight excluding hydrogens is 358 g/mol. The van der Waals surface area contributed by atoms with E-state index in [1.165, 1.54) is 6.07 Å². The first-order valence-corrected chi connectivity index (χ1v) is 7.54. The van der Waals surface area contributed by atoms with Gasteiger partial charge in [0.25, 0.3) is 0 Å². The van der Waals surface area contributed by atoms with Gasteiger partial charge in [0.1, 0.15) is 11.4 Å². The van der Waals surface area contributed by atoms with Crippen LogP contribution in [0.5, 0.6) is 5.75 Å². The molecule has 22 heavy (non-hydrogen) atoms. The molecule has 0 radical (unpaired) electrons. The standard InChI is InChI=1S/C16H17BrF2O3/c1-15(2)11(13(20)16(3,4)22-15)8-9-7-10(17)5-6-12(9)21-14(18)19/h5-8,14H,1-4H3/b11-8-. The van der Waals surface area contributed by atoms with E-state index < -0.39 is 17.8 Å². The summed E-state index contributed by atoms with van der Waals surface area (Å²) < 4.78 is 36.0. The highest BCUT2D eigenvalue weighted by molar-refractivity contribution is 9.10. The molecule has 0 aliphatic carbocycles. The Kier molecular flexibility index (Phi) is 4.46. The van der Waals surface area contributed by atoms with E-state index in [-0.39, 0.29) is 11.5 Å². The van der Waals surface area contributed by atoms with Gasteiger partial charge in [-0.2, -0.15) is 8.78 Å². The maximum Gasteiger partial charge on any atom is 0.387 e. The molecule has 0 aromatic heterocycles. The van der Waals surface area contributed by atoms with E-state index in [1.807, 2.05) is 0 Å². The first-order valence-electron chi connectivity index (χ1n) is 6.74. The summed E-state index contributed by atoms with van der Waals surface area (Å²) in [6.07, 6.45) is 1.56. The number of ketones is 1. The highest BCUT2D eigenvalue weighted by Gasteiger charge is 2.49. The fraction of sp³-hybridized carbons (Fsp3) is 0.438. The molecule has 1 aliphatic heterocycles. The highest BCUT2D eigenvalue weighted by Crippen LogP contribution is 2.40. The second-order valence-electron chi connectivity index (χ2n) is 6.07. The van der Waals surface area contributed by atoms with Crippen molar-refractivity contribution in [1.82, 2.24) is 0 Å². The zero-order valence-electron chi connectivity index (χ0n) is 12.7. The molecule has 0 unspecified atom stereocenters. The van der Waals surface area contributed by atoms with Crippen molar-refractivity contribution in [3.63, 3.8) is 0 Å². The van der Waals surface area contributed by atoms with Gasteiger partial charge >= 0.3 is 6.61 Å². The molecule has 1 saturated heterocycles. The first-order chi connectivity index (χ1) is 10.0. The van der Waals surface area contributed by atoms with Crippen LogP contribution in [-0.4, -0.2) is 23.6 Å². The molecular formula is C16H17BrF2O3. The van der Waals surface area contributed by atoms with E-state index in [9.17, 15) is 13.6 Å². The van der Waals surface area contributed by atoms with Gasteiger partial charge in [-0.25, -0.2) is 0 Å². The molecule has 1 fully saturated rings. The summed E-state index contributed by atoms with van der Waals surface area (Å²) in [6, 6.07) is 4.65. The number of Topliss-reactive ketones (excluding diaryl/α,β-unsaturated/α-hetero) is 1.